The van der Waals surface area contributed by atoms with E-state index in [9.17, 15) is 9.59 Å². The molecule has 3 rings (SSSR count). The molecule has 0 aliphatic rings. The van der Waals surface area contributed by atoms with Crippen molar-refractivity contribution >= 4 is 28.3 Å². The minimum absolute atomic E-state index is 0.171. The van der Waals surface area contributed by atoms with Crippen molar-refractivity contribution in [2.45, 2.75) is 6.92 Å². The van der Waals surface area contributed by atoms with Gasteiger partial charge in [0.1, 0.15) is 0 Å². The summed E-state index contributed by atoms with van der Waals surface area (Å²) < 4.78 is 4.98. The highest BCUT2D eigenvalue weighted by Crippen LogP contribution is 2.27. The molecule has 0 aliphatic heterocycles. The van der Waals surface area contributed by atoms with E-state index in [0.29, 0.717) is 27.0 Å². The van der Waals surface area contributed by atoms with E-state index in [1.165, 1.54) is 13.3 Å². The molecule has 0 atom stereocenters. The van der Waals surface area contributed by atoms with Crippen molar-refractivity contribution in [3.05, 3.63) is 53.3 Å². The number of anilines is 1. The third kappa shape index (κ3) is 4.09. The third-order valence-electron chi connectivity index (χ3n) is 3.77. The molecule has 0 aliphatic carbocycles. The SMILES string of the molecule is CNC(=O)c1ccc(-c2cc(C)ncc2C(=O)Nc2nnc(OC)s2)cc1. The van der Waals surface area contributed by atoms with E-state index in [-0.39, 0.29) is 11.8 Å². The number of nitrogens with zero attached hydrogens (tertiary/aromatic N) is 3. The molecule has 2 amide bonds. The Morgan fingerprint density at radius 2 is 1.85 bits per heavy atom. The molecule has 2 heterocycles. The maximum atomic E-state index is 12.7. The van der Waals surface area contributed by atoms with Crippen molar-refractivity contribution in [1.29, 1.82) is 0 Å². The standard InChI is InChI=1S/C18H17N5O3S/c1-10-8-13(11-4-6-12(7-5-11)15(24)19-2)14(9-20-10)16(25)21-17-22-23-18(26-3)27-17/h4-9H,1-3H3,(H,19,24)(H,21,22,25). The summed E-state index contributed by atoms with van der Waals surface area (Å²) in [6.45, 7) is 1.85. The van der Waals surface area contributed by atoms with E-state index in [4.69, 9.17) is 4.74 Å². The Hall–Kier alpha value is -3.33. The molecular formula is C18H17N5O3S. The fraction of sp³-hybridized carbons (Fsp3) is 0.167. The number of hydrogen-bond donors (Lipinski definition) is 2. The van der Waals surface area contributed by atoms with Crippen LogP contribution in [0.5, 0.6) is 5.19 Å². The number of ether oxygens (including phenoxy) is 1. The van der Waals surface area contributed by atoms with E-state index in [1.54, 1.807) is 31.3 Å². The lowest BCUT2D eigenvalue weighted by Gasteiger charge is -2.10. The van der Waals surface area contributed by atoms with Crippen LogP contribution in [0.3, 0.4) is 0 Å². The minimum atomic E-state index is -0.355. The van der Waals surface area contributed by atoms with Gasteiger partial charge in [-0.1, -0.05) is 17.2 Å². The van der Waals surface area contributed by atoms with E-state index in [0.717, 1.165) is 22.6 Å². The Kier molecular flexibility index (Phi) is 5.41. The lowest BCUT2D eigenvalue weighted by atomic mass is 9.99. The van der Waals surface area contributed by atoms with E-state index < -0.39 is 0 Å². The monoisotopic (exact) mass is 383 g/mol. The van der Waals surface area contributed by atoms with Gasteiger partial charge in [0.2, 0.25) is 5.13 Å². The van der Waals surface area contributed by atoms with Crippen LogP contribution in [0.2, 0.25) is 0 Å². The molecule has 0 saturated carbocycles. The molecule has 0 unspecified atom stereocenters. The Labute approximate surface area is 159 Å². The van der Waals surface area contributed by atoms with Crippen LogP contribution in [0.1, 0.15) is 26.4 Å². The zero-order chi connectivity index (χ0) is 19.4. The number of benzene rings is 1. The first-order valence-corrected chi connectivity index (χ1v) is 8.81. The van der Waals surface area contributed by atoms with Crippen LogP contribution in [0, 0.1) is 6.92 Å². The summed E-state index contributed by atoms with van der Waals surface area (Å²) in [5.74, 6) is -0.526. The molecule has 138 valence electrons. The largest absolute Gasteiger partial charge is 0.472 e. The zero-order valence-electron chi connectivity index (χ0n) is 14.9. The van der Waals surface area contributed by atoms with Crippen molar-refractivity contribution in [3.63, 3.8) is 0 Å². The van der Waals surface area contributed by atoms with Gasteiger partial charge in [-0.2, -0.15) is 0 Å². The highest BCUT2D eigenvalue weighted by molar-refractivity contribution is 7.17. The summed E-state index contributed by atoms with van der Waals surface area (Å²) in [6.07, 6.45) is 1.52. The Morgan fingerprint density at radius 1 is 1.11 bits per heavy atom. The third-order valence-corrected chi connectivity index (χ3v) is 4.57. The fourth-order valence-electron chi connectivity index (χ4n) is 2.43. The summed E-state index contributed by atoms with van der Waals surface area (Å²) in [5.41, 5.74) is 3.21. The Morgan fingerprint density at radius 3 is 2.48 bits per heavy atom. The van der Waals surface area contributed by atoms with Crippen molar-refractivity contribution in [3.8, 4) is 16.3 Å². The first-order valence-electron chi connectivity index (χ1n) is 8.00. The number of rotatable bonds is 5. The van der Waals surface area contributed by atoms with Gasteiger partial charge in [-0.3, -0.25) is 19.9 Å². The van der Waals surface area contributed by atoms with E-state index >= 15 is 0 Å². The lowest BCUT2D eigenvalue weighted by Crippen LogP contribution is -2.17. The number of amides is 2. The van der Waals surface area contributed by atoms with Gasteiger partial charge in [-0.15, -0.1) is 5.10 Å². The van der Waals surface area contributed by atoms with Crippen molar-refractivity contribution in [2.75, 3.05) is 19.5 Å². The predicted octanol–water partition coefficient (Wildman–Crippen LogP) is 2.53. The molecule has 0 fully saturated rings. The maximum Gasteiger partial charge on any atom is 0.295 e. The molecule has 8 nitrogen and oxygen atoms in total. The van der Waals surface area contributed by atoms with Gasteiger partial charge in [0, 0.05) is 24.5 Å². The highest BCUT2D eigenvalue weighted by atomic mass is 32.1. The van der Waals surface area contributed by atoms with Gasteiger partial charge >= 0.3 is 0 Å². The number of hydrogen-bond acceptors (Lipinski definition) is 7. The van der Waals surface area contributed by atoms with Crippen molar-refractivity contribution in [2.24, 2.45) is 0 Å². The van der Waals surface area contributed by atoms with Gasteiger partial charge in [-0.25, -0.2) is 0 Å². The number of pyridine rings is 1. The van der Waals surface area contributed by atoms with Crippen LogP contribution in [-0.4, -0.2) is 41.2 Å². The zero-order valence-corrected chi connectivity index (χ0v) is 15.8. The second-order valence-corrected chi connectivity index (χ2v) is 6.50. The number of nitrogens with one attached hydrogen (secondary N) is 2. The van der Waals surface area contributed by atoms with Crippen LogP contribution < -0.4 is 15.4 Å². The van der Waals surface area contributed by atoms with Crippen LogP contribution in [-0.2, 0) is 0 Å². The summed E-state index contributed by atoms with van der Waals surface area (Å²) in [7, 11) is 3.06. The Bertz CT molecular complexity index is 985. The first-order chi connectivity index (χ1) is 13.0. The van der Waals surface area contributed by atoms with Gasteiger partial charge in [0.05, 0.1) is 12.7 Å². The molecule has 0 spiro atoms. The van der Waals surface area contributed by atoms with Gasteiger partial charge in [0.25, 0.3) is 17.0 Å². The molecule has 3 aromatic rings. The van der Waals surface area contributed by atoms with Crippen LogP contribution >= 0.6 is 11.3 Å². The van der Waals surface area contributed by atoms with Crippen LogP contribution in [0.25, 0.3) is 11.1 Å². The van der Waals surface area contributed by atoms with Crippen molar-refractivity contribution in [1.82, 2.24) is 20.5 Å². The molecule has 2 aromatic heterocycles. The normalized spacial score (nSPS) is 10.3. The summed E-state index contributed by atoms with van der Waals surface area (Å²) >= 11 is 1.13. The minimum Gasteiger partial charge on any atom is -0.472 e. The average Bonchev–Trinajstić information content (AvgIpc) is 3.14. The number of methoxy groups -OCH3 is 1. The van der Waals surface area contributed by atoms with Gasteiger partial charge in [-0.05, 0) is 47.6 Å². The molecule has 27 heavy (non-hydrogen) atoms. The second kappa shape index (κ2) is 7.92. The number of aryl methyl sites for hydroxylation is 1. The quantitative estimate of drug-likeness (QED) is 0.701. The number of carbonyl (C=O) groups excluding carboxylic acids is 2. The number of aromatic nitrogens is 3. The summed E-state index contributed by atoms with van der Waals surface area (Å²) in [5, 5.41) is 13.6. The smallest absolute Gasteiger partial charge is 0.295 e. The molecule has 9 heteroatoms. The summed E-state index contributed by atoms with van der Waals surface area (Å²) in [6, 6.07) is 8.83. The fourth-order valence-corrected chi connectivity index (χ4v) is 2.99. The molecule has 0 saturated heterocycles. The van der Waals surface area contributed by atoms with E-state index in [2.05, 4.69) is 25.8 Å². The highest BCUT2D eigenvalue weighted by Gasteiger charge is 2.17. The molecule has 0 radical (unpaired) electrons. The number of carbonyl (C=O) groups is 2. The maximum absolute atomic E-state index is 12.7. The molecular weight excluding hydrogens is 366 g/mol. The van der Waals surface area contributed by atoms with E-state index in [1.807, 2.05) is 13.0 Å². The Balaban J connectivity index is 1.92. The second-order valence-electron chi connectivity index (χ2n) is 5.56. The molecule has 2 N–H and O–H groups in total. The lowest BCUT2D eigenvalue weighted by molar-refractivity contribution is 0.0962. The van der Waals surface area contributed by atoms with Gasteiger partial charge < -0.3 is 10.1 Å². The topological polar surface area (TPSA) is 106 Å². The van der Waals surface area contributed by atoms with Crippen LogP contribution in [0.4, 0.5) is 5.13 Å². The molecule has 0 bridgehead atoms. The molecule has 1 aromatic carbocycles. The predicted molar refractivity (Wildman–Crippen MR) is 102 cm³/mol. The van der Waals surface area contributed by atoms with Crippen LogP contribution in [0.15, 0.2) is 36.5 Å². The summed E-state index contributed by atoms with van der Waals surface area (Å²) in [4.78, 5) is 28.7. The van der Waals surface area contributed by atoms with Gasteiger partial charge in [0.15, 0.2) is 0 Å². The first kappa shape index (κ1) is 18.5. The average molecular weight is 383 g/mol. The van der Waals surface area contributed by atoms with Crippen molar-refractivity contribution < 1.29 is 14.3 Å².